The van der Waals surface area contributed by atoms with E-state index in [0.717, 1.165) is 55.3 Å². The molecule has 12 heteroatoms. The number of aryl methyl sites for hydroxylation is 2. The van der Waals surface area contributed by atoms with Crippen molar-refractivity contribution in [3.05, 3.63) is 34.5 Å². The maximum absolute atomic E-state index is 13.1. The number of nitrogens with one attached hydrogen (secondary N) is 3. The number of aliphatic carboxylic acids is 1. The van der Waals surface area contributed by atoms with E-state index in [9.17, 15) is 13.8 Å². The Bertz CT molecular complexity index is 1210. The second-order valence-electron chi connectivity index (χ2n) is 8.48. The molecule has 1 aromatic heterocycles. The fourth-order valence-corrected chi connectivity index (χ4v) is 5.86. The van der Waals surface area contributed by atoms with Crippen LogP contribution in [0.25, 0.3) is 0 Å². The highest BCUT2D eigenvalue weighted by Gasteiger charge is 2.30. The lowest BCUT2D eigenvalue weighted by atomic mass is 9.99. The van der Waals surface area contributed by atoms with Gasteiger partial charge < -0.3 is 19.9 Å². The standard InChI is InChI=1S/C21H25N5O6S/c22-33(30,17-8-23-26-9-14(10-32-20(17)26)31-11-18(27)28)25-21(29)24-19-15-5-1-3-12(15)7-13-4-2-6-16(13)19/h7-8,14H,1-6,9-11H2,(H,27,28)(H3,22,24,25,29,30). The van der Waals surface area contributed by atoms with Crippen LogP contribution in [-0.4, -0.2) is 50.4 Å². The Morgan fingerprint density at radius 1 is 1.24 bits per heavy atom. The van der Waals surface area contributed by atoms with Crippen LogP contribution in [0, 0.1) is 4.78 Å². The lowest BCUT2D eigenvalue weighted by Crippen LogP contribution is -2.36. The molecule has 3 aliphatic rings. The molecule has 11 nitrogen and oxygen atoms in total. The van der Waals surface area contributed by atoms with Gasteiger partial charge in [-0.25, -0.2) is 28.0 Å². The number of hydrogen-bond acceptors (Lipinski definition) is 7. The van der Waals surface area contributed by atoms with Crippen molar-refractivity contribution in [3.63, 3.8) is 0 Å². The van der Waals surface area contributed by atoms with E-state index in [4.69, 9.17) is 19.4 Å². The number of carbonyl (C=O) groups is 2. The van der Waals surface area contributed by atoms with Crippen molar-refractivity contribution in [2.75, 3.05) is 18.5 Å². The predicted molar refractivity (Wildman–Crippen MR) is 117 cm³/mol. The van der Waals surface area contributed by atoms with Crippen LogP contribution < -0.4 is 14.8 Å². The molecular weight excluding hydrogens is 450 g/mol. The third-order valence-corrected chi connectivity index (χ3v) is 7.61. The van der Waals surface area contributed by atoms with E-state index in [-0.39, 0.29) is 23.9 Å². The van der Waals surface area contributed by atoms with E-state index >= 15 is 0 Å². The summed E-state index contributed by atoms with van der Waals surface area (Å²) in [5.41, 5.74) is 5.60. The first-order chi connectivity index (χ1) is 15.8. The Morgan fingerprint density at radius 3 is 2.61 bits per heavy atom. The fraction of sp³-hybridized carbons (Fsp3) is 0.476. The van der Waals surface area contributed by atoms with Gasteiger partial charge in [0.15, 0.2) is 9.92 Å². The normalized spacial score (nSPS) is 20.2. The van der Waals surface area contributed by atoms with E-state index in [1.54, 1.807) is 0 Å². The van der Waals surface area contributed by atoms with Crippen molar-refractivity contribution in [1.29, 1.82) is 4.78 Å². The summed E-state index contributed by atoms with van der Waals surface area (Å²) in [5.74, 6) is -0.993. The van der Waals surface area contributed by atoms with Gasteiger partial charge in [0.2, 0.25) is 5.88 Å². The summed E-state index contributed by atoms with van der Waals surface area (Å²) >= 11 is 0. The topological polar surface area (TPSA) is 156 Å². The zero-order chi connectivity index (χ0) is 23.2. The number of aromatic nitrogens is 2. The van der Waals surface area contributed by atoms with Crippen LogP contribution in [0.3, 0.4) is 0 Å². The number of anilines is 1. The maximum Gasteiger partial charge on any atom is 0.331 e. The highest BCUT2D eigenvalue weighted by molar-refractivity contribution is 7.91. The Kier molecular flexibility index (Phi) is 5.49. The van der Waals surface area contributed by atoms with Gasteiger partial charge in [-0.15, -0.1) is 0 Å². The predicted octanol–water partition coefficient (Wildman–Crippen LogP) is 1.87. The minimum atomic E-state index is -3.75. The van der Waals surface area contributed by atoms with E-state index in [1.165, 1.54) is 22.0 Å². The number of benzene rings is 1. The highest BCUT2D eigenvalue weighted by Crippen LogP contribution is 2.38. The molecule has 0 bridgehead atoms. The molecule has 0 radical (unpaired) electrons. The number of fused-ring (bicyclic) bond motifs is 3. The van der Waals surface area contributed by atoms with Crippen LogP contribution >= 0.6 is 0 Å². The number of carbonyl (C=O) groups excluding carboxylic acids is 1. The number of amides is 2. The molecule has 0 saturated carbocycles. The zero-order valence-corrected chi connectivity index (χ0v) is 18.7. The minimum absolute atomic E-state index is 0.0238. The molecular formula is C21H25N5O6S. The molecule has 0 spiro atoms. The van der Waals surface area contributed by atoms with E-state index < -0.39 is 34.6 Å². The van der Waals surface area contributed by atoms with Gasteiger partial charge in [0.05, 0.1) is 12.7 Å². The summed E-state index contributed by atoms with van der Waals surface area (Å²) in [7, 11) is -3.75. The van der Waals surface area contributed by atoms with Crippen LogP contribution in [0.5, 0.6) is 5.88 Å². The smallest absolute Gasteiger partial charge is 0.331 e. The van der Waals surface area contributed by atoms with E-state index in [2.05, 4.69) is 21.2 Å². The number of carboxylic acid groups (broad SMARTS) is 1. The molecule has 1 aromatic carbocycles. The average Bonchev–Trinajstić information content (AvgIpc) is 3.50. The number of carboxylic acids is 1. The molecule has 4 N–H and O–H groups in total. The molecule has 2 aliphatic carbocycles. The van der Waals surface area contributed by atoms with E-state index in [1.807, 2.05) is 0 Å². The SMILES string of the molecule is N=S(=O)(NC(=O)Nc1c2c(cc3c1CCC3)CCC2)c1cnn2c1OCC(OCC(=O)O)C2. The fourth-order valence-electron chi connectivity index (χ4n) is 4.83. The van der Waals surface area contributed by atoms with Gasteiger partial charge >= 0.3 is 12.0 Å². The quantitative estimate of drug-likeness (QED) is 0.497. The lowest BCUT2D eigenvalue weighted by molar-refractivity contribution is -0.146. The number of urea groups is 1. The van der Waals surface area contributed by atoms with Gasteiger partial charge in [-0.3, -0.25) is 0 Å². The second kappa shape index (κ2) is 8.34. The van der Waals surface area contributed by atoms with Gasteiger partial charge in [0.1, 0.15) is 24.2 Å². The molecule has 1 aliphatic heterocycles. The summed E-state index contributed by atoms with van der Waals surface area (Å²) in [6.07, 6.45) is 6.54. The highest BCUT2D eigenvalue weighted by atomic mass is 32.2. The van der Waals surface area contributed by atoms with Crippen molar-refractivity contribution in [2.24, 2.45) is 0 Å². The van der Waals surface area contributed by atoms with Crippen molar-refractivity contribution >= 4 is 27.6 Å². The summed E-state index contributed by atoms with van der Waals surface area (Å²) in [6, 6.07) is 1.55. The largest absolute Gasteiger partial charge is 0.480 e. The second-order valence-corrected chi connectivity index (χ2v) is 10.2. The van der Waals surface area contributed by atoms with Crippen LogP contribution in [0.2, 0.25) is 0 Å². The van der Waals surface area contributed by atoms with Gasteiger partial charge in [-0.1, -0.05) is 6.07 Å². The number of nitrogens with zero attached hydrogens (tertiary/aromatic N) is 2. The Morgan fingerprint density at radius 2 is 1.94 bits per heavy atom. The summed E-state index contributed by atoms with van der Waals surface area (Å²) in [4.78, 5) is 23.5. The number of ether oxygens (including phenoxy) is 2. The first kappa shape index (κ1) is 21.7. The first-order valence-electron chi connectivity index (χ1n) is 10.9. The summed E-state index contributed by atoms with van der Waals surface area (Å²) in [6.45, 7) is -0.260. The third-order valence-electron chi connectivity index (χ3n) is 6.24. The van der Waals surface area contributed by atoms with Crippen LogP contribution in [0.15, 0.2) is 17.2 Å². The van der Waals surface area contributed by atoms with Crippen molar-refractivity contribution in [1.82, 2.24) is 14.5 Å². The average molecular weight is 476 g/mol. The van der Waals surface area contributed by atoms with Gasteiger partial charge in [0.25, 0.3) is 0 Å². The van der Waals surface area contributed by atoms with Crippen molar-refractivity contribution < 1.29 is 28.4 Å². The van der Waals surface area contributed by atoms with Gasteiger partial charge in [-0.2, -0.15) is 5.10 Å². The Labute approximate surface area is 190 Å². The third kappa shape index (κ3) is 4.15. The molecule has 2 amide bonds. The zero-order valence-electron chi connectivity index (χ0n) is 17.9. The maximum atomic E-state index is 13.1. The summed E-state index contributed by atoms with van der Waals surface area (Å²) in [5, 5.41) is 15.7. The minimum Gasteiger partial charge on any atom is -0.480 e. The van der Waals surface area contributed by atoms with Gasteiger partial charge in [0, 0.05) is 5.69 Å². The number of rotatable bonds is 6. The summed E-state index contributed by atoms with van der Waals surface area (Å²) < 4.78 is 35.9. The van der Waals surface area contributed by atoms with Crippen molar-refractivity contribution in [2.45, 2.75) is 56.1 Å². The Hall–Kier alpha value is -3.12. The Balaban J connectivity index is 1.32. The van der Waals surface area contributed by atoms with Crippen LogP contribution in [0.4, 0.5) is 10.5 Å². The molecule has 176 valence electrons. The molecule has 33 heavy (non-hydrogen) atoms. The van der Waals surface area contributed by atoms with Gasteiger partial charge in [-0.05, 0) is 60.8 Å². The molecule has 2 heterocycles. The molecule has 0 fully saturated rings. The van der Waals surface area contributed by atoms with Crippen molar-refractivity contribution in [3.8, 4) is 5.88 Å². The van der Waals surface area contributed by atoms with Crippen LogP contribution in [0.1, 0.15) is 35.1 Å². The molecule has 2 aromatic rings. The monoisotopic (exact) mass is 475 g/mol. The molecule has 5 rings (SSSR count). The molecule has 2 unspecified atom stereocenters. The van der Waals surface area contributed by atoms with Crippen LogP contribution in [-0.2, 0) is 51.7 Å². The molecule has 0 saturated heterocycles. The number of hydrogen-bond donors (Lipinski definition) is 4. The van der Waals surface area contributed by atoms with E-state index in [0.29, 0.717) is 0 Å². The lowest BCUT2D eigenvalue weighted by Gasteiger charge is -2.24. The molecule has 2 atom stereocenters. The first-order valence-corrected chi connectivity index (χ1v) is 12.4.